The lowest BCUT2D eigenvalue weighted by molar-refractivity contribution is -0.111. The maximum absolute atomic E-state index is 12.5. The molecule has 0 saturated heterocycles. The number of amides is 2. The van der Waals surface area contributed by atoms with Crippen molar-refractivity contribution in [3.63, 3.8) is 0 Å². The number of furan rings is 1. The second-order valence-electron chi connectivity index (χ2n) is 7.00. The molecule has 29 heavy (non-hydrogen) atoms. The van der Waals surface area contributed by atoms with Crippen molar-refractivity contribution in [3.05, 3.63) is 64.4 Å². The Bertz CT molecular complexity index is 1140. The van der Waals surface area contributed by atoms with E-state index < -0.39 is 5.91 Å². The average Bonchev–Trinajstić information content (AvgIpc) is 2.96. The van der Waals surface area contributed by atoms with Crippen molar-refractivity contribution >= 4 is 34.0 Å². The molecule has 0 atom stereocenters. The zero-order valence-corrected chi connectivity index (χ0v) is 17.2. The smallest absolute Gasteiger partial charge is 0.248 e. The Hall–Kier alpha value is -3.54. The van der Waals surface area contributed by atoms with E-state index in [2.05, 4.69) is 5.32 Å². The quantitative estimate of drug-likeness (QED) is 0.625. The predicted octanol–water partition coefficient (Wildman–Crippen LogP) is 4.51. The van der Waals surface area contributed by atoms with Gasteiger partial charge in [-0.25, -0.2) is 0 Å². The lowest BCUT2D eigenvalue weighted by atomic mass is 9.98. The second-order valence-corrected chi connectivity index (χ2v) is 7.00. The van der Waals surface area contributed by atoms with E-state index in [1.807, 2.05) is 33.8 Å². The van der Waals surface area contributed by atoms with Crippen LogP contribution in [0.4, 0.5) is 5.69 Å². The van der Waals surface area contributed by atoms with Gasteiger partial charge in [-0.1, -0.05) is 0 Å². The average molecular weight is 392 g/mol. The van der Waals surface area contributed by atoms with Gasteiger partial charge >= 0.3 is 0 Å². The summed E-state index contributed by atoms with van der Waals surface area (Å²) >= 11 is 0. The van der Waals surface area contributed by atoms with Gasteiger partial charge in [0.1, 0.15) is 17.1 Å². The molecule has 1 aromatic heterocycles. The molecule has 2 amide bonds. The van der Waals surface area contributed by atoms with E-state index in [-0.39, 0.29) is 5.91 Å². The van der Waals surface area contributed by atoms with E-state index in [1.54, 1.807) is 31.4 Å². The molecule has 0 aliphatic rings. The summed E-state index contributed by atoms with van der Waals surface area (Å²) in [6.07, 6.45) is 1.52. The highest BCUT2D eigenvalue weighted by atomic mass is 16.5. The van der Waals surface area contributed by atoms with Gasteiger partial charge < -0.3 is 20.2 Å². The molecule has 0 bridgehead atoms. The molecule has 3 rings (SSSR count). The summed E-state index contributed by atoms with van der Waals surface area (Å²) in [6, 6.07) is 8.40. The number of ether oxygens (including phenoxy) is 1. The Morgan fingerprint density at radius 1 is 1.10 bits per heavy atom. The van der Waals surface area contributed by atoms with Gasteiger partial charge in [-0.2, -0.15) is 0 Å². The maximum atomic E-state index is 12.5. The number of fused-ring (bicyclic) bond motifs is 1. The van der Waals surface area contributed by atoms with Crippen LogP contribution in [-0.2, 0) is 4.79 Å². The molecule has 3 N–H and O–H groups in total. The van der Waals surface area contributed by atoms with Crippen LogP contribution in [0.2, 0.25) is 0 Å². The summed E-state index contributed by atoms with van der Waals surface area (Å²) in [7, 11) is 1.61. The zero-order chi connectivity index (χ0) is 21.3. The molecule has 2 aromatic carbocycles. The maximum Gasteiger partial charge on any atom is 0.248 e. The minimum atomic E-state index is -0.513. The van der Waals surface area contributed by atoms with Crippen LogP contribution in [0.5, 0.6) is 5.75 Å². The number of hydrogen-bond donors (Lipinski definition) is 2. The van der Waals surface area contributed by atoms with E-state index in [9.17, 15) is 9.59 Å². The number of methoxy groups -OCH3 is 1. The molecule has 0 radical (unpaired) electrons. The van der Waals surface area contributed by atoms with Gasteiger partial charge in [0.2, 0.25) is 11.8 Å². The molecular weight excluding hydrogens is 368 g/mol. The number of hydrogen-bond acceptors (Lipinski definition) is 4. The molecular formula is C23H24N2O4. The third kappa shape index (κ3) is 3.87. The number of carbonyl (C=O) groups is 2. The second kappa shape index (κ2) is 7.83. The third-order valence-corrected chi connectivity index (χ3v) is 5.06. The SMILES string of the molecule is COc1c(/C(C)=C/C(=O)Nc2ccc(C(N)=O)cc2)cc2c(C)c(C)oc2c1C. The van der Waals surface area contributed by atoms with Crippen LogP contribution >= 0.6 is 0 Å². The van der Waals surface area contributed by atoms with Crippen molar-refractivity contribution < 1.29 is 18.7 Å². The summed E-state index contributed by atoms with van der Waals surface area (Å²) in [5.74, 6) is 0.746. The van der Waals surface area contributed by atoms with Crippen molar-refractivity contribution in [1.82, 2.24) is 0 Å². The molecule has 6 nitrogen and oxygen atoms in total. The first kappa shape index (κ1) is 20.2. The van der Waals surface area contributed by atoms with E-state index in [0.717, 1.165) is 39.0 Å². The molecule has 1 heterocycles. The number of nitrogens with two attached hydrogens (primary N) is 1. The number of primary amides is 1. The lowest BCUT2D eigenvalue weighted by Gasteiger charge is -2.13. The molecule has 0 unspecified atom stereocenters. The van der Waals surface area contributed by atoms with E-state index in [0.29, 0.717) is 17.0 Å². The fourth-order valence-electron chi connectivity index (χ4n) is 3.34. The lowest BCUT2D eigenvalue weighted by Crippen LogP contribution is -2.12. The van der Waals surface area contributed by atoms with E-state index in [4.69, 9.17) is 14.9 Å². The Morgan fingerprint density at radius 2 is 1.76 bits per heavy atom. The normalized spacial score (nSPS) is 11.6. The van der Waals surface area contributed by atoms with Gasteiger partial charge in [-0.15, -0.1) is 0 Å². The first-order valence-electron chi connectivity index (χ1n) is 9.19. The van der Waals surface area contributed by atoms with Crippen LogP contribution in [0.15, 0.2) is 40.8 Å². The third-order valence-electron chi connectivity index (χ3n) is 5.06. The minimum Gasteiger partial charge on any atom is -0.496 e. The number of carbonyl (C=O) groups excluding carboxylic acids is 2. The summed E-state index contributed by atoms with van der Waals surface area (Å²) in [4.78, 5) is 23.6. The van der Waals surface area contributed by atoms with Gasteiger partial charge in [-0.3, -0.25) is 9.59 Å². The fraction of sp³-hybridized carbons (Fsp3) is 0.217. The molecule has 0 spiro atoms. The van der Waals surface area contributed by atoms with Crippen molar-refractivity contribution in [1.29, 1.82) is 0 Å². The number of benzene rings is 2. The van der Waals surface area contributed by atoms with E-state index in [1.165, 1.54) is 6.08 Å². The van der Waals surface area contributed by atoms with Gasteiger partial charge in [0.25, 0.3) is 0 Å². The van der Waals surface area contributed by atoms with Crippen LogP contribution in [0.3, 0.4) is 0 Å². The molecule has 0 saturated carbocycles. The predicted molar refractivity (Wildman–Crippen MR) is 114 cm³/mol. The number of nitrogens with one attached hydrogen (secondary N) is 1. The Labute approximate surface area is 169 Å². The Balaban J connectivity index is 1.94. The molecule has 0 aliphatic carbocycles. The summed E-state index contributed by atoms with van der Waals surface area (Å²) in [6.45, 7) is 7.75. The standard InChI is InChI=1S/C23H24N2O4/c1-12(10-20(26)25-17-8-6-16(7-9-17)23(24)27)18-11-19-13(2)15(4)29-22(19)14(3)21(18)28-5/h6-11H,1-5H3,(H2,24,27)(H,25,26)/b12-10+. The highest BCUT2D eigenvalue weighted by Crippen LogP contribution is 2.38. The van der Waals surface area contributed by atoms with Crippen molar-refractivity contribution in [3.8, 4) is 5.75 Å². The van der Waals surface area contributed by atoms with Gasteiger partial charge in [0.05, 0.1) is 7.11 Å². The summed E-state index contributed by atoms with van der Waals surface area (Å²) in [5.41, 5.74) is 10.5. The first-order chi connectivity index (χ1) is 13.7. The zero-order valence-electron chi connectivity index (χ0n) is 17.2. The molecule has 3 aromatic rings. The van der Waals surface area contributed by atoms with Gasteiger partial charge in [0, 0.05) is 33.8 Å². The van der Waals surface area contributed by atoms with Crippen molar-refractivity contribution in [2.24, 2.45) is 5.73 Å². The topological polar surface area (TPSA) is 94.6 Å². The largest absolute Gasteiger partial charge is 0.496 e. The summed E-state index contributed by atoms with van der Waals surface area (Å²) in [5, 5.41) is 3.79. The minimum absolute atomic E-state index is 0.283. The number of rotatable bonds is 5. The monoisotopic (exact) mass is 392 g/mol. The van der Waals surface area contributed by atoms with Crippen LogP contribution in [0.25, 0.3) is 16.5 Å². The Morgan fingerprint density at radius 3 is 2.34 bits per heavy atom. The molecule has 0 fully saturated rings. The number of aryl methyl sites for hydroxylation is 3. The number of anilines is 1. The van der Waals surface area contributed by atoms with E-state index >= 15 is 0 Å². The highest BCUT2D eigenvalue weighted by Gasteiger charge is 2.18. The van der Waals surface area contributed by atoms with Crippen LogP contribution in [0, 0.1) is 20.8 Å². The molecule has 6 heteroatoms. The highest BCUT2D eigenvalue weighted by molar-refractivity contribution is 6.05. The fourth-order valence-corrected chi connectivity index (χ4v) is 3.34. The Kier molecular flexibility index (Phi) is 5.46. The van der Waals surface area contributed by atoms with Crippen LogP contribution < -0.4 is 15.8 Å². The van der Waals surface area contributed by atoms with Crippen molar-refractivity contribution in [2.75, 3.05) is 12.4 Å². The summed E-state index contributed by atoms with van der Waals surface area (Å²) < 4.78 is 11.5. The van der Waals surface area contributed by atoms with Crippen LogP contribution in [0.1, 0.15) is 39.7 Å². The number of allylic oxidation sites excluding steroid dienone is 1. The van der Waals surface area contributed by atoms with Crippen molar-refractivity contribution in [2.45, 2.75) is 27.7 Å². The van der Waals surface area contributed by atoms with Gasteiger partial charge in [-0.05, 0) is 69.2 Å². The van der Waals surface area contributed by atoms with Gasteiger partial charge in [0.15, 0.2) is 0 Å². The van der Waals surface area contributed by atoms with Crippen LogP contribution in [-0.4, -0.2) is 18.9 Å². The first-order valence-corrected chi connectivity index (χ1v) is 9.19. The molecule has 0 aliphatic heterocycles. The molecule has 150 valence electrons.